The predicted octanol–water partition coefficient (Wildman–Crippen LogP) is 0.452. The number of primary amides is 1. The van der Waals surface area contributed by atoms with E-state index in [4.69, 9.17) is 15.2 Å². The van der Waals surface area contributed by atoms with E-state index in [0.29, 0.717) is 11.5 Å². The molecule has 0 fully saturated rings. The van der Waals surface area contributed by atoms with Gasteiger partial charge < -0.3 is 20.5 Å². The topological polar surface area (TPSA) is 103 Å². The van der Waals surface area contributed by atoms with Crippen molar-refractivity contribution in [1.82, 2.24) is 10.6 Å². The smallest absolute Gasteiger partial charge is 0.322 e. The summed E-state index contributed by atoms with van der Waals surface area (Å²) in [6, 6.07) is 5.59. The zero-order valence-corrected chi connectivity index (χ0v) is 9.93. The van der Waals surface area contributed by atoms with Crippen LogP contribution in [-0.2, 0) is 0 Å². The van der Waals surface area contributed by atoms with Gasteiger partial charge >= 0.3 is 12.1 Å². The minimum absolute atomic E-state index is 0.233. The number of hydrogen-bond acceptors (Lipinski definition) is 4. The first-order valence-corrected chi connectivity index (χ1v) is 5.23. The Labute approximate surface area is 104 Å². The number of imide groups is 1. The molecule has 0 unspecified atom stereocenters. The molecule has 0 bridgehead atoms. The molecule has 7 nitrogen and oxygen atoms in total. The zero-order valence-electron chi connectivity index (χ0n) is 9.93. The Bertz CT molecular complexity index is 423. The molecule has 0 aliphatic heterocycles. The Morgan fingerprint density at radius 1 is 1.28 bits per heavy atom. The Kier molecular flexibility index (Phi) is 5.30. The summed E-state index contributed by atoms with van der Waals surface area (Å²) in [7, 11) is 1.54. The summed E-state index contributed by atoms with van der Waals surface area (Å²) in [5, 5.41) is 4.28. The molecule has 1 aromatic carbocycles. The summed E-state index contributed by atoms with van der Waals surface area (Å²) in [6.45, 7) is 0.476. The minimum Gasteiger partial charge on any atom is -0.493 e. The van der Waals surface area contributed by atoms with Gasteiger partial charge in [0.25, 0.3) is 0 Å². The number of hydrogen-bond donors (Lipinski definition) is 3. The molecule has 0 aliphatic carbocycles. The third-order valence-electron chi connectivity index (χ3n) is 1.95. The fourth-order valence-electron chi connectivity index (χ4n) is 1.22. The lowest BCUT2D eigenvalue weighted by atomic mass is 10.3. The molecule has 1 aromatic rings. The van der Waals surface area contributed by atoms with E-state index in [2.05, 4.69) is 5.32 Å². The van der Waals surface area contributed by atoms with Crippen LogP contribution < -0.4 is 25.8 Å². The van der Waals surface area contributed by atoms with Crippen molar-refractivity contribution in [2.75, 3.05) is 20.3 Å². The van der Waals surface area contributed by atoms with Crippen LogP contribution in [0.5, 0.6) is 11.5 Å². The lowest BCUT2D eigenvalue weighted by Gasteiger charge is -2.10. The summed E-state index contributed by atoms with van der Waals surface area (Å²) in [6.07, 6.45) is 0. The summed E-state index contributed by atoms with van der Waals surface area (Å²) >= 11 is 0. The Balaban J connectivity index is 2.29. The van der Waals surface area contributed by atoms with Crippen molar-refractivity contribution in [3.05, 3.63) is 24.3 Å². The molecular formula is C11H15N3O4. The molecular weight excluding hydrogens is 238 g/mol. The van der Waals surface area contributed by atoms with E-state index in [1.165, 1.54) is 0 Å². The number of methoxy groups -OCH3 is 1. The largest absolute Gasteiger partial charge is 0.493 e. The number of nitrogens with one attached hydrogen (secondary N) is 2. The van der Waals surface area contributed by atoms with Gasteiger partial charge in [0, 0.05) is 0 Å². The second kappa shape index (κ2) is 7.00. The van der Waals surface area contributed by atoms with E-state index >= 15 is 0 Å². The number of ether oxygens (including phenoxy) is 2. The van der Waals surface area contributed by atoms with Crippen LogP contribution in [0.15, 0.2) is 24.3 Å². The van der Waals surface area contributed by atoms with Crippen LogP contribution >= 0.6 is 0 Å². The van der Waals surface area contributed by atoms with Gasteiger partial charge in [-0.05, 0) is 12.1 Å². The van der Waals surface area contributed by atoms with Gasteiger partial charge in [-0.3, -0.25) is 5.32 Å². The molecule has 0 aliphatic rings. The van der Waals surface area contributed by atoms with Crippen LogP contribution in [0.4, 0.5) is 9.59 Å². The van der Waals surface area contributed by atoms with Crippen LogP contribution in [0.3, 0.4) is 0 Å². The molecule has 0 saturated heterocycles. The number of rotatable bonds is 5. The molecule has 7 heteroatoms. The second-order valence-electron chi connectivity index (χ2n) is 3.24. The first-order valence-electron chi connectivity index (χ1n) is 5.23. The standard InChI is InChI=1S/C11H15N3O4/c1-17-8-4-2-3-5-9(8)18-7-6-13-11(16)14-10(12)15/h2-5H,6-7H2,1H3,(H4,12,13,14,15,16). The third-order valence-corrected chi connectivity index (χ3v) is 1.95. The summed E-state index contributed by atoms with van der Waals surface area (Å²) in [5.74, 6) is 1.19. The van der Waals surface area contributed by atoms with Gasteiger partial charge in [-0.2, -0.15) is 0 Å². The highest BCUT2D eigenvalue weighted by atomic mass is 16.5. The zero-order chi connectivity index (χ0) is 13.4. The maximum absolute atomic E-state index is 11.0. The maximum atomic E-state index is 11.0. The number of carbonyl (C=O) groups excluding carboxylic acids is 2. The average molecular weight is 253 g/mol. The van der Waals surface area contributed by atoms with Crippen molar-refractivity contribution in [2.24, 2.45) is 5.73 Å². The number of para-hydroxylation sites is 2. The van der Waals surface area contributed by atoms with E-state index < -0.39 is 12.1 Å². The molecule has 0 atom stereocenters. The maximum Gasteiger partial charge on any atom is 0.322 e. The van der Waals surface area contributed by atoms with E-state index in [9.17, 15) is 9.59 Å². The number of nitrogens with two attached hydrogens (primary N) is 1. The van der Waals surface area contributed by atoms with Crippen LogP contribution in [0.1, 0.15) is 0 Å². The van der Waals surface area contributed by atoms with Crippen LogP contribution in [-0.4, -0.2) is 32.3 Å². The van der Waals surface area contributed by atoms with Crippen molar-refractivity contribution in [2.45, 2.75) is 0 Å². The highest BCUT2D eigenvalue weighted by Crippen LogP contribution is 2.25. The Hall–Kier alpha value is -2.44. The van der Waals surface area contributed by atoms with Gasteiger partial charge in [0.1, 0.15) is 6.61 Å². The molecule has 4 N–H and O–H groups in total. The van der Waals surface area contributed by atoms with Gasteiger partial charge in [0.15, 0.2) is 11.5 Å². The lowest BCUT2D eigenvalue weighted by Crippen LogP contribution is -2.43. The normalized spacial score (nSPS) is 9.39. The SMILES string of the molecule is COc1ccccc1OCCNC(=O)NC(N)=O. The molecule has 0 saturated carbocycles. The molecule has 0 spiro atoms. The fraction of sp³-hybridized carbons (Fsp3) is 0.273. The average Bonchev–Trinajstić information content (AvgIpc) is 2.34. The molecule has 18 heavy (non-hydrogen) atoms. The number of benzene rings is 1. The molecule has 4 amide bonds. The van der Waals surface area contributed by atoms with Gasteiger partial charge in [-0.25, -0.2) is 9.59 Å². The quantitative estimate of drug-likeness (QED) is 0.663. The Morgan fingerprint density at radius 3 is 2.56 bits per heavy atom. The molecule has 0 radical (unpaired) electrons. The van der Waals surface area contributed by atoms with Crippen LogP contribution in [0, 0.1) is 0 Å². The van der Waals surface area contributed by atoms with Gasteiger partial charge in [-0.15, -0.1) is 0 Å². The van der Waals surface area contributed by atoms with Crippen molar-refractivity contribution in [3.63, 3.8) is 0 Å². The summed E-state index contributed by atoms with van der Waals surface area (Å²) in [5.41, 5.74) is 4.77. The first kappa shape index (κ1) is 13.6. The minimum atomic E-state index is -0.904. The van der Waals surface area contributed by atoms with E-state index in [1.807, 2.05) is 17.4 Å². The summed E-state index contributed by atoms with van der Waals surface area (Å²) < 4.78 is 10.5. The van der Waals surface area contributed by atoms with E-state index in [0.717, 1.165) is 0 Å². The Morgan fingerprint density at radius 2 is 1.94 bits per heavy atom. The molecule has 1 rings (SSSR count). The lowest BCUT2D eigenvalue weighted by molar-refractivity contribution is 0.228. The van der Waals surface area contributed by atoms with E-state index in [1.54, 1.807) is 19.2 Å². The monoisotopic (exact) mass is 253 g/mol. The van der Waals surface area contributed by atoms with Gasteiger partial charge in [0.05, 0.1) is 13.7 Å². The summed E-state index contributed by atoms with van der Waals surface area (Å²) in [4.78, 5) is 21.3. The van der Waals surface area contributed by atoms with Crippen molar-refractivity contribution >= 4 is 12.1 Å². The van der Waals surface area contributed by atoms with Crippen molar-refractivity contribution < 1.29 is 19.1 Å². The van der Waals surface area contributed by atoms with Crippen molar-refractivity contribution in [3.8, 4) is 11.5 Å². The van der Waals surface area contributed by atoms with Gasteiger partial charge in [0.2, 0.25) is 0 Å². The van der Waals surface area contributed by atoms with Crippen LogP contribution in [0.2, 0.25) is 0 Å². The number of urea groups is 2. The molecule has 98 valence electrons. The third kappa shape index (κ3) is 4.60. The van der Waals surface area contributed by atoms with Crippen LogP contribution in [0.25, 0.3) is 0 Å². The highest BCUT2D eigenvalue weighted by molar-refractivity contribution is 5.92. The highest BCUT2D eigenvalue weighted by Gasteiger charge is 2.04. The van der Waals surface area contributed by atoms with Crippen molar-refractivity contribution in [1.29, 1.82) is 0 Å². The molecule has 0 aromatic heterocycles. The van der Waals surface area contributed by atoms with E-state index in [-0.39, 0.29) is 13.2 Å². The molecule has 0 heterocycles. The predicted molar refractivity (Wildman–Crippen MR) is 64.6 cm³/mol. The first-order chi connectivity index (χ1) is 8.63. The van der Waals surface area contributed by atoms with Gasteiger partial charge in [-0.1, -0.05) is 12.1 Å². The fourth-order valence-corrected chi connectivity index (χ4v) is 1.22. The second-order valence-corrected chi connectivity index (χ2v) is 3.24. The number of carbonyl (C=O) groups is 2. The number of amides is 4.